The summed E-state index contributed by atoms with van der Waals surface area (Å²) in [6.45, 7) is 1.92. The largest absolute Gasteiger partial charge is 0.378 e. The van der Waals surface area contributed by atoms with Gasteiger partial charge in [0.25, 0.3) is 0 Å². The molecule has 0 aliphatic heterocycles. The topological polar surface area (TPSA) is 20.3 Å². The monoisotopic (exact) mass is 273 g/mol. The predicted octanol–water partition coefficient (Wildman–Crippen LogP) is 3.95. The van der Waals surface area contributed by atoms with Crippen molar-refractivity contribution in [2.24, 2.45) is 0 Å². The first kappa shape index (κ1) is 13.6. The van der Waals surface area contributed by atoms with Gasteiger partial charge in [0.2, 0.25) is 0 Å². The van der Waals surface area contributed by atoms with E-state index in [9.17, 15) is 4.79 Å². The molecule has 0 unspecified atom stereocenters. The Hall–Kier alpha value is -1.80. The zero-order valence-corrected chi connectivity index (χ0v) is 12.0. The zero-order chi connectivity index (χ0) is 14.0. The Bertz CT molecular complexity index is 603. The highest BCUT2D eigenvalue weighted by Crippen LogP contribution is 2.20. The number of halogens is 1. The van der Waals surface area contributed by atoms with Gasteiger partial charge in [-0.3, -0.25) is 4.79 Å². The molecule has 0 aliphatic carbocycles. The minimum absolute atomic E-state index is 0.00722. The van der Waals surface area contributed by atoms with Gasteiger partial charge < -0.3 is 4.90 Å². The molecule has 2 aromatic carbocycles. The van der Waals surface area contributed by atoms with Gasteiger partial charge in [0, 0.05) is 35.9 Å². The van der Waals surface area contributed by atoms with E-state index in [1.54, 1.807) is 6.07 Å². The highest BCUT2D eigenvalue weighted by atomic mass is 35.5. The maximum Gasteiger partial charge on any atom is 0.193 e. The van der Waals surface area contributed by atoms with Crippen molar-refractivity contribution in [1.82, 2.24) is 0 Å². The summed E-state index contributed by atoms with van der Waals surface area (Å²) in [6.07, 6.45) is 0. The summed E-state index contributed by atoms with van der Waals surface area (Å²) in [7, 11) is 3.94. The number of anilines is 1. The first-order valence-electron chi connectivity index (χ1n) is 6.07. The van der Waals surface area contributed by atoms with E-state index < -0.39 is 0 Å². The van der Waals surface area contributed by atoms with Crippen LogP contribution in [0, 0.1) is 6.92 Å². The molecular formula is C16H16ClNO. The number of benzene rings is 2. The molecule has 0 N–H and O–H groups in total. The molecule has 2 aromatic rings. The Balaban J connectivity index is 2.30. The smallest absolute Gasteiger partial charge is 0.193 e. The number of rotatable bonds is 3. The standard InChI is InChI=1S/C16H16ClNO/c1-11-4-5-13(10-15(11)17)16(19)12-6-8-14(9-7-12)18(2)3/h4-10H,1-3H3. The van der Waals surface area contributed by atoms with E-state index in [1.807, 2.05) is 62.3 Å². The van der Waals surface area contributed by atoms with Crippen molar-refractivity contribution in [3.8, 4) is 0 Å². The molecule has 0 atom stereocenters. The molecule has 98 valence electrons. The van der Waals surface area contributed by atoms with Crippen molar-refractivity contribution in [1.29, 1.82) is 0 Å². The van der Waals surface area contributed by atoms with E-state index in [-0.39, 0.29) is 5.78 Å². The van der Waals surface area contributed by atoms with Gasteiger partial charge in [0.05, 0.1) is 0 Å². The van der Waals surface area contributed by atoms with Crippen LogP contribution in [-0.2, 0) is 0 Å². The summed E-state index contributed by atoms with van der Waals surface area (Å²) in [5.41, 5.74) is 3.33. The molecule has 0 heterocycles. The summed E-state index contributed by atoms with van der Waals surface area (Å²) < 4.78 is 0. The van der Waals surface area contributed by atoms with E-state index in [4.69, 9.17) is 11.6 Å². The van der Waals surface area contributed by atoms with E-state index in [0.29, 0.717) is 16.1 Å². The second-order valence-electron chi connectivity index (χ2n) is 4.73. The molecule has 3 heteroatoms. The SMILES string of the molecule is Cc1ccc(C(=O)c2ccc(N(C)C)cc2)cc1Cl. The molecule has 0 saturated heterocycles. The third-order valence-electron chi connectivity index (χ3n) is 3.08. The molecule has 0 aliphatic rings. The average molecular weight is 274 g/mol. The fourth-order valence-corrected chi connectivity index (χ4v) is 1.99. The zero-order valence-electron chi connectivity index (χ0n) is 11.3. The van der Waals surface area contributed by atoms with Gasteiger partial charge in [-0.25, -0.2) is 0 Å². The fourth-order valence-electron chi connectivity index (χ4n) is 1.81. The molecule has 0 fully saturated rings. The third-order valence-corrected chi connectivity index (χ3v) is 3.49. The first-order valence-corrected chi connectivity index (χ1v) is 6.45. The second-order valence-corrected chi connectivity index (χ2v) is 5.14. The van der Waals surface area contributed by atoms with Crippen molar-refractivity contribution in [3.63, 3.8) is 0 Å². The van der Waals surface area contributed by atoms with E-state index in [1.165, 1.54) is 0 Å². The van der Waals surface area contributed by atoms with Crippen molar-refractivity contribution >= 4 is 23.1 Å². The van der Waals surface area contributed by atoms with Gasteiger partial charge in [-0.15, -0.1) is 0 Å². The second kappa shape index (κ2) is 5.45. The van der Waals surface area contributed by atoms with Crippen molar-refractivity contribution in [3.05, 3.63) is 64.2 Å². The minimum Gasteiger partial charge on any atom is -0.378 e. The van der Waals surface area contributed by atoms with Crippen LogP contribution < -0.4 is 4.90 Å². The lowest BCUT2D eigenvalue weighted by molar-refractivity contribution is 0.103. The van der Waals surface area contributed by atoms with Crippen LogP contribution in [0.25, 0.3) is 0 Å². The maximum atomic E-state index is 12.3. The fraction of sp³-hybridized carbons (Fsp3) is 0.188. The molecule has 0 aromatic heterocycles. The third kappa shape index (κ3) is 2.96. The molecule has 0 bridgehead atoms. The number of aryl methyl sites for hydroxylation is 1. The van der Waals surface area contributed by atoms with E-state index in [0.717, 1.165) is 11.3 Å². The highest BCUT2D eigenvalue weighted by Gasteiger charge is 2.10. The Morgan fingerprint density at radius 2 is 1.58 bits per heavy atom. The molecule has 19 heavy (non-hydrogen) atoms. The van der Waals surface area contributed by atoms with Crippen LogP contribution >= 0.6 is 11.6 Å². The summed E-state index contributed by atoms with van der Waals surface area (Å²) in [5, 5.41) is 0.621. The molecule has 2 rings (SSSR count). The van der Waals surface area contributed by atoms with Crippen LogP contribution in [0.1, 0.15) is 21.5 Å². The molecule has 0 saturated carbocycles. The van der Waals surface area contributed by atoms with Crippen molar-refractivity contribution in [2.45, 2.75) is 6.92 Å². The van der Waals surface area contributed by atoms with Crippen molar-refractivity contribution < 1.29 is 4.79 Å². The van der Waals surface area contributed by atoms with Crippen LogP contribution in [0.15, 0.2) is 42.5 Å². The summed E-state index contributed by atoms with van der Waals surface area (Å²) in [6, 6.07) is 12.9. The normalized spacial score (nSPS) is 10.3. The number of hydrogen-bond donors (Lipinski definition) is 0. The lowest BCUT2D eigenvalue weighted by atomic mass is 10.0. The van der Waals surface area contributed by atoms with Crippen LogP contribution in [0.5, 0.6) is 0 Å². The Kier molecular flexibility index (Phi) is 3.91. The Labute approximate surface area is 118 Å². The van der Waals surface area contributed by atoms with Gasteiger partial charge in [-0.1, -0.05) is 23.7 Å². The number of carbonyl (C=O) groups is 1. The van der Waals surface area contributed by atoms with Crippen LogP contribution in [-0.4, -0.2) is 19.9 Å². The van der Waals surface area contributed by atoms with Gasteiger partial charge in [-0.2, -0.15) is 0 Å². The molecule has 2 nitrogen and oxygen atoms in total. The number of ketones is 1. The van der Waals surface area contributed by atoms with Crippen LogP contribution in [0.3, 0.4) is 0 Å². The molecule has 0 radical (unpaired) electrons. The lowest BCUT2D eigenvalue weighted by Gasteiger charge is -2.12. The summed E-state index contributed by atoms with van der Waals surface area (Å²) in [5.74, 6) is -0.00722. The first-order chi connectivity index (χ1) is 8.99. The summed E-state index contributed by atoms with van der Waals surface area (Å²) >= 11 is 6.05. The van der Waals surface area contributed by atoms with Crippen LogP contribution in [0.2, 0.25) is 5.02 Å². The maximum absolute atomic E-state index is 12.3. The summed E-state index contributed by atoms with van der Waals surface area (Å²) in [4.78, 5) is 14.3. The van der Waals surface area contributed by atoms with E-state index in [2.05, 4.69) is 0 Å². The van der Waals surface area contributed by atoms with Crippen molar-refractivity contribution in [2.75, 3.05) is 19.0 Å². The number of nitrogens with zero attached hydrogens (tertiary/aromatic N) is 1. The van der Waals surface area contributed by atoms with E-state index >= 15 is 0 Å². The van der Waals surface area contributed by atoms with Gasteiger partial charge in [0.1, 0.15) is 0 Å². The van der Waals surface area contributed by atoms with Gasteiger partial charge >= 0.3 is 0 Å². The van der Waals surface area contributed by atoms with Gasteiger partial charge in [-0.05, 0) is 42.8 Å². The lowest BCUT2D eigenvalue weighted by Crippen LogP contribution is -2.09. The molecular weight excluding hydrogens is 258 g/mol. The quantitative estimate of drug-likeness (QED) is 0.790. The number of hydrogen-bond acceptors (Lipinski definition) is 2. The predicted molar refractivity (Wildman–Crippen MR) is 80.4 cm³/mol. The highest BCUT2D eigenvalue weighted by molar-refractivity contribution is 6.31. The Morgan fingerprint density at radius 3 is 2.11 bits per heavy atom. The Morgan fingerprint density at radius 1 is 1.00 bits per heavy atom. The molecule has 0 amide bonds. The molecule has 0 spiro atoms. The van der Waals surface area contributed by atoms with Gasteiger partial charge in [0.15, 0.2) is 5.78 Å². The number of carbonyl (C=O) groups excluding carboxylic acids is 1. The van der Waals surface area contributed by atoms with Crippen LogP contribution in [0.4, 0.5) is 5.69 Å². The average Bonchev–Trinajstić information content (AvgIpc) is 2.41. The minimum atomic E-state index is -0.00722.